The summed E-state index contributed by atoms with van der Waals surface area (Å²) in [5.41, 5.74) is 0.830. The molecule has 0 amide bonds. The van der Waals surface area contributed by atoms with Crippen molar-refractivity contribution in [2.75, 3.05) is 18.2 Å². The largest absolute Gasteiger partial charge is 0.496 e. The average Bonchev–Trinajstić information content (AvgIpc) is 2.91. The second kappa shape index (κ2) is 7.48. The molecule has 0 aliphatic rings. The van der Waals surface area contributed by atoms with Gasteiger partial charge in [0.05, 0.1) is 12.9 Å². The molecule has 0 atom stereocenters. The van der Waals surface area contributed by atoms with Gasteiger partial charge in [0.25, 0.3) is 0 Å². The van der Waals surface area contributed by atoms with Crippen molar-refractivity contribution in [3.63, 3.8) is 0 Å². The Bertz CT molecular complexity index is 636. The van der Waals surface area contributed by atoms with E-state index in [1.165, 1.54) is 11.3 Å². The molecule has 0 saturated carbocycles. The molecule has 2 N–H and O–H groups in total. The molecule has 1 aromatic carbocycles. The lowest BCUT2D eigenvalue weighted by atomic mass is 10.2. The van der Waals surface area contributed by atoms with E-state index in [1.54, 1.807) is 13.2 Å². The van der Waals surface area contributed by atoms with Gasteiger partial charge in [-0.15, -0.1) is 10.2 Å². The van der Waals surface area contributed by atoms with Gasteiger partial charge in [0.1, 0.15) is 5.75 Å². The Balaban J connectivity index is 1.99. The van der Waals surface area contributed by atoms with E-state index in [2.05, 4.69) is 15.5 Å². The third-order valence-electron chi connectivity index (χ3n) is 2.44. The molecule has 2 rings (SSSR count). The predicted octanol–water partition coefficient (Wildman–Crippen LogP) is 2.99. The van der Waals surface area contributed by atoms with Gasteiger partial charge in [-0.2, -0.15) is 0 Å². The highest BCUT2D eigenvalue weighted by molar-refractivity contribution is 8.01. The number of methoxy groups -OCH3 is 1. The first-order valence-electron chi connectivity index (χ1n) is 5.83. The van der Waals surface area contributed by atoms with Crippen LogP contribution in [0.1, 0.15) is 5.56 Å². The molecule has 0 spiro atoms. The van der Waals surface area contributed by atoms with Crippen LogP contribution in [0.25, 0.3) is 0 Å². The molecule has 6 nitrogen and oxygen atoms in total. The van der Waals surface area contributed by atoms with Gasteiger partial charge in [-0.25, -0.2) is 0 Å². The molecule has 0 aliphatic carbocycles. The number of anilines is 1. The van der Waals surface area contributed by atoms with Gasteiger partial charge in [0.15, 0.2) is 4.34 Å². The molecule has 0 saturated heterocycles. The summed E-state index contributed by atoms with van der Waals surface area (Å²) < 4.78 is 5.86. The Morgan fingerprint density at radius 2 is 2.33 bits per heavy atom. The monoisotopic (exact) mass is 345 g/mol. The van der Waals surface area contributed by atoms with Crippen molar-refractivity contribution in [2.24, 2.45) is 0 Å². The van der Waals surface area contributed by atoms with Crippen molar-refractivity contribution in [3.8, 4) is 5.75 Å². The van der Waals surface area contributed by atoms with Crippen LogP contribution >= 0.6 is 34.7 Å². The Labute approximate surface area is 134 Å². The first-order valence-corrected chi connectivity index (χ1v) is 8.01. The molecule has 0 radical (unpaired) electrons. The van der Waals surface area contributed by atoms with Crippen LogP contribution in [0.4, 0.5) is 5.13 Å². The number of benzene rings is 1. The predicted molar refractivity (Wildman–Crippen MR) is 83.6 cm³/mol. The van der Waals surface area contributed by atoms with Crippen molar-refractivity contribution in [1.82, 2.24) is 10.2 Å². The first kappa shape index (κ1) is 15.9. The molecule has 1 heterocycles. The fraction of sp³-hybridized carbons (Fsp3) is 0.250. The molecule has 0 unspecified atom stereocenters. The zero-order chi connectivity index (χ0) is 15.2. The fourth-order valence-electron chi connectivity index (χ4n) is 1.53. The minimum absolute atomic E-state index is 0.0348. The Kier molecular flexibility index (Phi) is 5.66. The van der Waals surface area contributed by atoms with E-state index < -0.39 is 5.97 Å². The van der Waals surface area contributed by atoms with Crippen molar-refractivity contribution in [3.05, 3.63) is 28.8 Å². The van der Waals surface area contributed by atoms with Gasteiger partial charge in [-0.05, 0) is 12.1 Å². The standard InChI is InChI=1S/C12H12ClN3O3S2/c1-19-9-4-2-3-8(13)7(9)5-14-11-15-16-12(21-11)20-6-10(17)18/h2-4H,5-6H2,1H3,(H,14,15)(H,17,18). The number of nitrogens with one attached hydrogen (secondary N) is 1. The summed E-state index contributed by atoms with van der Waals surface area (Å²) in [7, 11) is 1.58. The van der Waals surface area contributed by atoms with Gasteiger partial charge in [0, 0.05) is 17.1 Å². The quantitative estimate of drug-likeness (QED) is 0.746. The van der Waals surface area contributed by atoms with Crippen LogP contribution in [0.15, 0.2) is 22.5 Å². The Hall–Kier alpha value is -1.51. The number of aromatic nitrogens is 2. The normalized spacial score (nSPS) is 10.4. The minimum Gasteiger partial charge on any atom is -0.496 e. The van der Waals surface area contributed by atoms with E-state index >= 15 is 0 Å². The van der Waals surface area contributed by atoms with Gasteiger partial charge in [-0.1, -0.05) is 40.8 Å². The van der Waals surface area contributed by atoms with E-state index in [1.807, 2.05) is 12.1 Å². The summed E-state index contributed by atoms with van der Waals surface area (Å²) in [6, 6.07) is 5.43. The van der Waals surface area contributed by atoms with E-state index in [4.69, 9.17) is 21.4 Å². The van der Waals surface area contributed by atoms with Crippen LogP contribution in [-0.2, 0) is 11.3 Å². The molecule has 0 bridgehead atoms. The van der Waals surface area contributed by atoms with Crippen LogP contribution in [0.2, 0.25) is 5.02 Å². The summed E-state index contributed by atoms with van der Waals surface area (Å²) in [4.78, 5) is 10.5. The van der Waals surface area contributed by atoms with Crippen molar-refractivity contribution >= 4 is 45.8 Å². The van der Waals surface area contributed by atoms with Crippen LogP contribution < -0.4 is 10.1 Å². The molecular weight excluding hydrogens is 334 g/mol. The molecule has 0 fully saturated rings. The number of hydrogen-bond acceptors (Lipinski definition) is 7. The number of hydrogen-bond donors (Lipinski definition) is 2. The smallest absolute Gasteiger partial charge is 0.313 e. The van der Waals surface area contributed by atoms with Crippen LogP contribution in [-0.4, -0.2) is 34.1 Å². The topological polar surface area (TPSA) is 84.3 Å². The number of carboxylic acids is 1. The highest BCUT2D eigenvalue weighted by Gasteiger charge is 2.10. The zero-order valence-corrected chi connectivity index (χ0v) is 13.4. The number of nitrogens with zero attached hydrogens (tertiary/aromatic N) is 2. The molecule has 0 aliphatic heterocycles. The van der Waals surface area contributed by atoms with Gasteiger partial charge >= 0.3 is 5.97 Å². The van der Waals surface area contributed by atoms with E-state index in [-0.39, 0.29) is 5.75 Å². The number of rotatable bonds is 7. The molecular formula is C12H12ClN3O3S2. The van der Waals surface area contributed by atoms with Crippen molar-refractivity contribution in [1.29, 1.82) is 0 Å². The first-order chi connectivity index (χ1) is 10.1. The lowest BCUT2D eigenvalue weighted by molar-refractivity contribution is -0.133. The molecule has 9 heteroatoms. The Morgan fingerprint density at radius 3 is 3.05 bits per heavy atom. The summed E-state index contributed by atoms with van der Waals surface area (Å²) in [6.07, 6.45) is 0. The van der Waals surface area contributed by atoms with Crippen molar-refractivity contribution in [2.45, 2.75) is 10.9 Å². The van der Waals surface area contributed by atoms with Gasteiger partial charge in [0.2, 0.25) is 5.13 Å². The fourth-order valence-corrected chi connectivity index (χ4v) is 3.23. The number of thioether (sulfide) groups is 1. The minimum atomic E-state index is -0.884. The highest BCUT2D eigenvalue weighted by Crippen LogP contribution is 2.29. The average molecular weight is 346 g/mol. The zero-order valence-electron chi connectivity index (χ0n) is 11.0. The van der Waals surface area contributed by atoms with Crippen LogP contribution in [0.3, 0.4) is 0 Å². The second-order valence-electron chi connectivity index (χ2n) is 3.83. The third kappa shape index (κ3) is 4.48. The number of halogens is 1. The lowest BCUT2D eigenvalue weighted by Crippen LogP contribution is -2.02. The maximum Gasteiger partial charge on any atom is 0.313 e. The number of aliphatic carboxylic acids is 1. The van der Waals surface area contributed by atoms with E-state index in [0.717, 1.165) is 17.3 Å². The molecule has 21 heavy (non-hydrogen) atoms. The van der Waals surface area contributed by atoms with Crippen LogP contribution in [0, 0.1) is 0 Å². The van der Waals surface area contributed by atoms with Gasteiger partial charge < -0.3 is 15.2 Å². The maximum atomic E-state index is 10.5. The number of carboxylic acid groups (broad SMARTS) is 1. The molecule has 1 aromatic heterocycles. The highest BCUT2D eigenvalue weighted by atomic mass is 35.5. The maximum absolute atomic E-state index is 10.5. The molecule has 2 aromatic rings. The lowest BCUT2D eigenvalue weighted by Gasteiger charge is -2.10. The third-order valence-corrected chi connectivity index (χ3v) is 4.79. The summed E-state index contributed by atoms with van der Waals surface area (Å²) in [6.45, 7) is 0.446. The summed E-state index contributed by atoms with van der Waals surface area (Å²) in [5.74, 6) is -0.224. The SMILES string of the molecule is COc1cccc(Cl)c1CNc1nnc(SCC(=O)O)s1. The van der Waals surface area contributed by atoms with E-state index in [9.17, 15) is 4.79 Å². The van der Waals surface area contributed by atoms with Crippen molar-refractivity contribution < 1.29 is 14.6 Å². The Morgan fingerprint density at radius 1 is 1.52 bits per heavy atom. The second-order valence-corrected chi connectivity index (χ2v) is 6.44. The van der Waals surface area contributed by atoms with Gasteiger partial charge in [-0.3, -0.25) is 4.79 Å². The molecule has 112 valence electrons. The van der Waals surface area contributed by atoms with E-state index in [0.29, 0.717) is 26.8 Å². The number of ether oxygens (including phenoxy) is 1. The summed E-state index contributed by atoms with van der Waals surface area (Å²) in [5, 5.41) is 20.8. The summed E-state index contributed by atoms with van der Waals surface area (Å²) >= 11 is 8.57. The van der Waals surface area contributed by atoms with Crippen LogP contribution in [0.5, 0.6) is 5.75 Å². The number of carbonyl (C=O) groups is 1.